The average Bonchev–Trinajstić information content (AvgIpc) is 2.56. The summed E-state index contributed by atoms with van der Waals surface area (Å²) in [5, 5.41) is 7.44. The lowest BCUT2D eigenvalue weighted by atomic mass is 10.2. The largest absolute Gasteiger partial charge is 0.488 e. The normalized spacial score (nSPS) is 10.8. The monoisotopic (exact) mass is 370 g/mol. The van der Waals surface area contributed by atoms with Crippen LogP contribution in [0.3, 0.4) is 0 Å². The molecule has 0 radical (unpaired) electrons. The molecule has 0 aromatic heterocycles. The third-order valence-corrected chi connectivity index (χ3v) is 4.14. The van der Waals surface area contributed by atoms with Crippen molar-refractivity contribution in [2.45, 2.75) is 19.6 Å². The van der Waals surface area contributed by atoms with Crippen LogP contribution >= 0.6 is 23.2 Å². The molecule has 0 aliphatic carbocycles. The SMILES string of the molecule is CNCCCNCc1cc(Cl)ccc1OCc1c(F)cccc1Cl. The second-order valence-corrected chi connectivity index (χ2v) is 6.22. The van der Waals surface area contributed by atoms with E-state index in [2.05, 4.69) is 10.6 Å². The van der Waals surface area contributed by atoms with Crippen molar-refractivity contribution in [2.75, 3.05) is 20.1 Å². The van der Waals surface area contributed by atoms with Crippen LogP contribution in [0.2, 0.25) is 10.0 Å². The molecule has 2 rings (SSSR count). The molecule has 0 amide bonds. The Kier molecular flexibility index (Phi) is 7.79. The van der Waals surface area contributed by atoms with Gasteiger partial charge in [0.25, 0.3) is 0 Å². The van der Waals surface area contributed by atoms with Crippen LogP contribution in [0, 0.1) is 5.82 Å². The molecule has 3 nitrogen and oxygen atoms in total. The molecule has 130 valence electrons. The summed E-state index contributed by atoms with van der Waals surface area (Å²) < 4.78 is 19.6. The van der Waals surface area contributed by atoms with Gasteiger partial charge in [-0.25, -0.2) is 4.39 Å². The van der Waals surface area contributed by atoms with Gasteiger partial charge >= 0.3 is 0 Å². The van der Waals surface area contributed by atoms with Gasteiger partial charge in [-0.05, 0) is 56.9 Å². The Morgan fingerprint density at radius 1 is 1.12 bits per heavy atom. The molecule has 0 saturated heterocycles. The minimum absolute atomic E-state index is 0.0693. The molecule has 0 bridgehead atoms. The number of nitrogens with one attached hydrogen (secondary N) is 2. The predicted octanol–water partition coefficient (Wildman–Crippen LogP) is 4.41. The van der Waals surface area contributed by atoms with Crippen LogP contribution in [0.4, 0.5) is 4.39 Å². The fraction of sp³-hybridized carbons (Fsp3) is 0.333. The lowest BCUT2D eigenvalue weighted by Crippen LogP contribution is -2.19. The first-order valence-electron chi connectivity index (χ1n) is 7.81. The van der Waals surface area contributed by atoms with Gasteiger partial charge in [0.2, 0.25) is 0 Å². The number of halogens is 3. The van der Waals surface area contributed by atoms with Gasteiger partial charge in [0.15, 0.2) is 0 Å². The summed E-state index contributed by atoms with van der Waals surface area (Å²) in [6.07, 6.45) is 1.03. The van der Waals surface area contributed by atoms with Crippen molar-refractivity contribution in [3.63, 3.8) is 0 Å². The van der Waals surface area contributed by atoms with E-state index in [1.54, 1.807) is 24.3 Å². The van der Waals surface area contributed by atoms with Gasteiger partial charge in [0.1, 0.15) is 18.2 Å². The molecule has 2 aromatic rings. The number of rotatable bonds is 9. The Morgan fingerprint density at radius 2 is 1.96 bits per heavy atom. The van der Waals surface area contributed by atoms with E-state index >= 15 is 0 Å². The Balaban J connectivity index is 2.01. The maximum absolute atomic E-state index is 13.8. The van der Waals surface area contributed by atoms with Gasteiger partial charge < -0.3 is 15.4 Å². The maximum atomic E-state index is 13.8. The molecular weight excluding hydrogens is 350 g/mol. The summed E-state index contributed by atoms with van der Waals surface area (Å²) >= 11 is 12.1. The van der Waals surface area contributed by atoms with Crippen LogP contribution in [-0.2, 0) is 13.2 Å². The van der Waals surface area contributed by atoms with E-state index in [4.69, 9.17) is 27.9 Å². The van der Waals surface area contributed by atoms with E-state index in [1.165, 1.54) is 6.07 Å². The first-order chi connectivity index (χ1) is 11.6. The molecule has 0 spiro atoms. The molecule has 0 aliphatic heterocycles. The molecule has 0 aliphatic rings. The van der Waals surface area contributed by atoms with Gasteiger partial charge in [0, 0.05) is 22.7 Å². The highest BCUT2D eigenvalue weighted by Crippen LogP contribution is 2.26. The summed E-state index contributed by atoms with van der Waals surface area (Å²) in [4.78, 5) is 0. The molecule has 24 heavy (non-hydrogen) atoms. The van der Waals surface area contributed by atoms with E-state index in [9.17, 15) is 4.39 Å². The number of benzene rings is 2. The average molecular weight is 371 g/mol. The van der Waals surface area contributed by atoms with Crippen LogP contribution < -0.4 is 15.4 Å². The van der Waals surface area contributed by atoms with Crippen LogP contribution in [0.5, 0.6) is 5.75 Å². The second kappa shape index (κ2) is 9.84. The van der Waals surface area contributed by atoms with Crippen molar-refractivity contribution in [3.8, 4) is 5.75 Å². The minimum Gasteiger partial charge on any atom is -0.488 e. The van der Waals surface area contributed by atoms with Crippen molar-refractivity contribution >= 4 is 23.2 Å². The van der Waals surface area contributed by atoms with E-state index in [0.29, 0.717) is 27.9 Å². The number of hydrogen-bond acceptors (Lipinski definition) is 3. The van der Waals surface area contributed by atoms with Crippen LogP contribution in [0.15, 0.2) is 36.4 Å². The van der Waals surface area contributed by atoms with Gasteiger partial charge in [-0.2, -0.15) is 0 Å². The maximum Gasteiger partial charge on any atom is 0.131 e. The molecule has 6 heteroatoms. The van der Waals surface area contributed by atoms with Crippen LogP contribution in [0.25, 0.3) is 0 Å². The standard InChI is InChI=1S/C18H21Cl2FN2O/c1-22-8-3-9-23-11-13-10-14(19)6-7-18(13)24-12-15-16(20)4-2-5-17(15)21/h2,4-7,10,22-23H,3,8-9,11-12H2,1H3. The summed E-state index contributed by atoms with van der Waals surface area (Å²) in [5.41, 5.74) is 1.28. The third kappa shape index (κ3) is 5.64. The van der Waals surface area contributed by atoms with E-state index in [1.807, 2.05) is 13.1 Å². The highest BCUT2D eigenvalue weighted by atomic mass is 35.5. The van der Waals surface area contributed by atoms with Crippen molar-refractivity contribution in [2.24, 2.45) is 0 Å². The molecule has 0 saturated carbocycles. The number of hydrogen-bond donors (Lipinski definition) is 2. The lowest BCUT2D eigenvalue weighted by Gasteiger charge is -2.14. The molecule has 0 heterocycles. The molecule has 0 fully saturated rings. The van der Waals surface area contributed by atoms with Gasteiger partial charge in [0.05, 0.1) is 5.02 Å². The highest BCUT2D eigenvalue weighted by molar-refractivity contribution is 6.31. The first-order valence-corrected chi connectivity index (χ1v) is 8.57. The minimum atomic E-state index is -0.372. The molecule has 2 N–H and O–H groups in total. The van der Waals surface area contributed by atoms with Crippen molar-refractivity contribution < 1.29 is 9.13 Å². The van der Waals surface area contributed by atoms with Crippen LogP contribution in [-0.4, -0.2) is 20.1 Å². The summed E-state index contributed by atoms with van der Waals surface area (Å²) in [6, 6.07) is 9.99. The molecular formula is C18H21Cl2FN2O. The van der Waals surface area contributed by atoms with Gasteiger partial charge in [-0.1, -0.05) is 29.3 Å². The predicted molar refractivity (Wildman–Crippen MR) is 97.4 cm³/mol. The quantitative estimate of drug-likeness (QED) is 0.641. The number of ether oxygens (including phenoxy) is 1. The Bertz CT molecular complexity index is 647. The van der Waals surface area contributed by atoms with Crippen molar-refractivity contribution in [3.05, 3.63) is 63.4 Å². The third-order valence-electron chi connectivity index (χ3n) is 3.55. The van der Waals surface area contributed by atoms with Crippen molar-refractivity contribution in [1.82, 2.24) is 10.6 Å². The topological polar surface area (TPSA) is 33.3 Å². The van der Waals surface area contributed by atoms with Crippen molar-refractivity contribution in [1.29, 1.82) is 0 Å². The zero-order chi connectivity index (χ0) is 17.4. The fourth-order valence-electron chi connectivity index (χ4n) is 2.26. The Hall–Kier alpha value is -1.33. The fourth-order valence-corrected chi connectivity index (χ4v) is 2.67. The second-order valence-electron chi connectivity index (χ2n) is 5.37. The van der Waals surface area contributed by atoms with E-state index in [0.717, 1.165) is 25.1 Å². The molecule has 0 atom stereocenters. The van der Waals surface area contributed by atoms with Gasteiger partial charge in [-0.15, -0.1) is 0 Å². The van der Waals surface area contributed by atoms with E-state index < -0.39 is 0 Å². The zero-order valence-corrected chi connectivity index (χ0v) is 15.1. The van der Waals surface area contributed by atoms with E-state index in [-0.39, 0.29) is 12.4 Å². The van der Waals surface area contributed by atoms with Crippen LogP contribution in [0.1, 0.15) is 17.5 Å². The zero-order valence-electron chi connectivity index (χ0n) is 13.5. The lowest BCUT2D eigenvalue weighted by molar-refractivity contribution is 0.296. The molecule has 2 aromatic carbocycles. The Morgan fingerprint density at radius 3 is 2.71 bits per heavy atom. The highest BCUT2D eigenvalue weighted by Gasteiger charge is 2.10. The Labute approximate surface area is 152 Å². The first kappa shape index (κ1) is 19.0. The smallest absolute Gasteiger partial charge is 0.131 e. The summed E-state index contributed by atoms with van der Waals surface area (Å²) in [7, 11) is 1.93. The molecule has 0 unspecified atom stereocenters. The summed E-state index contributed by atoms with van der Waals surface area (Å²) in [6.45, 7) is 2.54. The summed E-state index contributed by atoms with van der Waals surface area (Å²) in [5.74, 6) is 0.294. The van der Waals surface area contributed by atoms with Gasteiger partial charge in [-0.3, -0.25) is 0 Å².